The Labute approximate surface area is 93.6 Å². The Balaban J connectivity index is 2.03. The van der Waals surface area contributed by atoms with Gasteiger partial charge in [-0.05, 0) is 25.8 Å². The first-order valence-electron chi connectivity index (χ1n) is 5.26. The number of hydrogen-bond acceptors (Lipinski definition) is 3. The van der Waals surface area contributed by atoms with Crippen molar-refractivity contribution in [3.8, 4) is 0 Å². The molecule has 1 aliphatic rings. The van der Waals surface area contributed by atoms with Gasteiger partial charge in [-0.25, -0.2) is 0 Å². The molecule has 1 aromatic heterocycles. The smallest absolute Gasteiger partial charge is 0.233 e. The largest absolute Gasteiger partial charge is 0.468 e. The van der Waals surface area contributed by atoms with Crippen molar-refractivity contribution in [3.05, 3.63) is 18.1 Å². The van der Waals surface area contributed by atoms with Gasteiger partial charge in [-0.15, -0.1) is 11.8 Å². The summed E-state index contributed by atoms with van der Waals surface area (Å²) in [5, 5.41) is 2.98. The van der Waals surface area contributed by atoms with Crippen molar-refractivity contribution in [1.82, 2.24) is 5.32 Å². The molecule has 0 saturated carbocycles. The van der Waals surface area contributed by atoms with E-state index in [0.717, 1.165) is 36.5 Å². The van der Waals surface area contributed by atoms with Gasteiger partial charge in [0.1, 0.15) is 5.76 Å². The summed E-state index contributed by atoms with van der Waals surface area (Å²) >= 11 is 1.61. The number of carbonyl (C=O) groups is 1. The normalized spacial score (nSPS) is 22.2. The Bertz CT molecular complexity index is 348. The number of rotatable bonds is 2. The summed E-state index contributed by atoms with van der Waals surface area (Å²) < 4.78 is 5.22. The molecule has 1 N–H and O–H groups in total. The minimum absolute atomic E-state index is 0.0452. The van der Waals surface area contributed by atoms with E-state index in [-0.39, 0.29) is 11.2 Å². The molecular formula is C11H15NO2S. The number of aryl methyl sites for hydroxylation is 1. The first-order valence-corrected chi connectivity index (χ1v) is 6.14. The van der Waals surface area contributed by atoms with E-state index in [0.29, 0.717) is 0 Å². The Kier molecular flexibility index (Phi) is 3.36. The molecule has 1 amide bonds. The van der Waals surface area contributed by atoms with Gasteiger partial charge in [0, 0.05) is 11.4 Å². The third kappa shape index (κ3) is 2.56. The van der Waals surface area contributed by atoms with Crippen LogP contribution in [0.5, 0.6) is 0 Å². The average Bonchev–Trinajstić information content (AvgIpc) is 2.50. The van der Waals surface area contributed by atoms with Crippen LogP contribution in [0, 0.1) is 6.92 Å². The summed E-state index contributed by atoms with van der Waals surface area (Å²) in [4.78, 5) is 12.8. The average molecular weight is 225 g/mol. The van der Waals surface area contributed by atoms with E-state index in [1.165, 1.54) is 0 Å². The highest BCUT2D eigenvalue weighted by Crippen LogP contribution is 2.30. The van der Waals surface area contributed by atoms with E-state index in [1.54, 1.807) is 18.0 Å². The molecule has 2 rings (SSSR count). The molecule has 1 fully saturated rings. The number of hydrogen-bond donors (Lipinski definition) is 1. The monoisotopic (exact) mass is 225 g/mol. The maximum absolute atomic E-state index is 11.7. The Morgan fingerprint density at radius 3 is 3.13 bits per heavy atom. The van der Waals surface area contributed by atoms with Crippen molar-refractivity contribution in [3.63, 3.8) is 0 Å². The molecule has 1 saturated heterocycles. The standard InChI is InChI=1S/C11H15NO2S/c1-8-9(5-7-14-8)15-10-4-2-3-6-12-11(10)13/h5,7,10H,2-4,6H2,1H3,(H,12,13)/t10-/m0/s1. The second kappa shape index (κ2) is 4.75. The zero-order valence-corrected chi connectivity index (χ0v) is 9.60. The Morgan fingerprint density at radius 2 is 2.40 bits per heavy atom. The van der Waals surface area contributed by atoms with Gasteiger partial charge >= 0.3 is 0 Å². The Morgan fingerprint density at radius 1 is 1.53 bits per heavy atom. The van der Waals surface area contributed by atoms with Crippen LogP contribution >= 0.6 is 11.8 Å². The molecule has 1 aliphatic heterocycles. The highest BCUT2D eigenvalue weighted by Gasteiger charge is 2.22. The molecule has 1 aromatic rings. The van der Waals surface area contributed by atoms with Crippen LogP contribution in [0.15, 0.2) is 21.6 Å². The molecule has 0 bridgehead atoms. The molecule has 15 heavy (non-hydrogen) atoms. The first kappa shape index (κ1) is 10.6. The highest BCUT2D eigenvalue weighted by molar-refractivity contribution is 8.00. The summed E-state index contributed by atoms with van der Waals surface area (Å²) in [5.74, 6) is 1.06. The molecule has 0 radical (unpaired) electrons. The fourth-order valence-corrected chi connectivity index (χ4v) is 2.80. The fraction of sp³-hybridized carbons (Fsp3) is 0.545. The molecule has 2 heterocycles. The minimum atomic E-state index is 0.0452. The van der Waals surface area contributed by atoms with Crippen LogP contribution in [-0.4, -0.2) is 17.7 Å². The van der Waals surface area contributed by atoms with Crippen molar-refractivity contribution in [2.24, 2.45) is 0 Å². The predicted octanol–water partition coefficient (Wildman–Crippen LogP) is 2.35. The van der Waals surface area contributed by atoms with Gasteiger partial charge in [0.05, 0.1) is 11.5 Å². The van der Waals surface area contributed by atoms with Crippen LogP contribution in [-0.2, 0) is 4.79 Å². The van der Waals surface area contributed by atoms with Crippen LogP contribution in [0.4, 0.5) is 0 Å². The first-order chi connectivity index (χ1) is 7.27. The number of carbonyl (C=O) groups excluding carboxylic acids is 1. The molecule has 0 spiro atoms. The predicted molar refractivity (Wildman–Crippen MR) is 60.0 cm³/mol. The SMILES string of the molecule is Cc1occc1S[C@H]1CCCCNC1=O. The number of nitrogens with one attached hydrogen (secondary N) is 1. The summed E-state index contributed by atoms with van der Waals surface area (Å²) in [6, 6.07) is 1.93. The number of furan rings is 1. The Hall–Kier alpha value is -0.900. The van der Waals surface area contributed by atoms with Crippen LogP contribution < -0.4 is 5.32 Å². The van der Waals surface area contributed by atoms with Gasteiger partial charge in [0.2, 0.25) is 5.91 Å². The van der Waals surface area contributed by atoms with E-state index >= 15 is 0 Å². The maximum Gasteiger partial charge on any atom is 0.233 e. The summed E-state index contributed by atoms with van der Waals surface area (Å²) in [6.45, 7) is 2.75. The lowest BCUT2D eigenvalue weighted by Gasteiger charge is -2.11. The molecule has 0 unspecified atom stereocenters. The van der Waals surface area contributed by atoms with E-state index in [2.05, 4.69) is 5.32 Å². The van der Waals surface area contributed by atoms with Gasteiger partial charge in [0.25, 0.3) is 0 Å². The fourth-order valence-electron chi connectivity index (χ4n) is 1.67. The lowest BCUT2D eigenvalue weighted by molar-refractivity contribution is -0.120. The molecule has 3 nitrogen and oxygen atoms in total. The topological polar surface area (TPSA) is 42.2 Å². The molecule has 1 atom stereocenters. The van der Waals surface area contributed by atoms with Crippen LogP contribution in [0.1, 0.15) is 25.0 Å². The summed E-state index contributed by atoms with van der Waals surface area (Å²) in [5.41, 5.74) is 0. The van der Waals surface area contributed by atoms with Crippen molar-refractivity contribution >= 4 is 17.7 Å². The zero-order chi connectivity index (χ0) is 10.7. The van der Waals surface area contributed by atoms with E-state index < -0.39 is 0 Å². The molecule has 0 aliphatic carbocycles. The van der Waals surface area contributed by atoms with Crippen molar-refractivity contribution in [2.75, 3.05) is 6.54 Å². The maximum atomic E-state index is 11.7. The van der Waals surface area contributed by atoms with Crippen LogP contribution in [0.3, 0.4) is 0 Å². The summed E-state index contributed by atoms with van der Waals surface area (Å²) in [6.07, 6.45) is 4.84. The highest BCUT2D eigenvalue weighted by atomic mass is 32.2. The van der Waals surface area contributed by atoms with E-state index in [1.807, 2.05) is 13.0 Å². The van der Waals surface area contributed by atoms with E-state index in [4.69, 9.17) is 4.42 Å². The quantitative estimate of drug-likeness (QED) is 0.840. The molecule has 82 valence electrons. The van der Waals surface area contributed by atoms with E-state index in [9.17, 15) is 4.79 Å². The van der Waals surface area contributed by atoms with Crippen molar-refractivity contribution in [1.29, 1.82) is 0 Å². The second-order valence-electron chi connectivity index (χ2n) is 3.73. The van der Waals surface area contributed by atoms with Crippen LogP contribution in [0.2, 0.25) is 0 Å². The third-order valence-electron chi connectivity index (χ3n) is 2.57. The molecule has 4 heteroatoms. The lowest BCUT2D eigenvalue weighted by Crippen LogP contribution is -2.30. The van der Waals surface area contributed by atoms with Crippen LogP contribution in [0.25, 0.3) is 0 Å². The number of thioether (sulfide) groups is 1. The van der Waals surface area contributed by atoms with Gasteiger partial charge in [-0.3, -0.25) is 4.79 Å². The van der Waals surface area contributed by atoms with Gasteiger partial charge < -0.3 is 9.73 Å². The lowest BCUT2D eigenvalue weighted by atomic mass is 10.2. The molecular weight excluding hydrogens is 210 g/mol. The van der Waals surface area contributed by atoms with Gasteiger partial charge in [0.15, 0.2) is 0 Å². The summed E-state index contributed by atoms with van der Waals surface area (Å²) in [7, 11) is 0. The number of amides is 1. The minimum Gasteiger partial charge on any atom is -0.468 e. The second-order valence-corrected chi connectivity index (χ2v) is 4.98. The van der Waals surface area contributed by atoms with Crippen molar-refractivity contribution in [2.45, 2.75) is 36.3 Å². The van der Waals surface area contributed by atoms with Gasteiger partial charge in [-0.1, -0.05) is 6.42 Å². The van der Waals surface area contributed by atoms with Crippen molar-refractivity contribution < 1.29 is 9.21 Å². The molecule has 0 aromatic carbocycles. The van der Waals surface area contributed by atoms with Gasteiger partial charge in [-0.2, -0.15) is 0 Å². The third-order valence-corrected chi connectivity index (χ3v) is 3.98. The zero-order valence-electron chi connectivity index (χ0n) is 8.79.